The Morgan fingerprint density at radius 2 is 1.92 bits per heavy atom. The van der Waals surface area contributed by atoms with Gasteiger partial charge in [0.25, 0.3) is 5.91 Å². The predicted octanol–water partition coefficient (Wildman–Crippen LogP) is 1.32. The highest BCUT2D eigenvalue weighted by atomic mass is 19.1. The van der Waals surface area contributed by atoms with Crippen LogP contribution < -0.4 is 15.1 Å². The molecule has 0 bridgehead atoms. The normalized spacial score (nSPS) is 14.4. The molecule has 2 aromatic rings. The van der Waals surface area contributed by atoms with Gasteiger partial charge in [0.15, 0.2) is 0 Å². The number of ether oxygens (including phenoxy) is 1. The van der Waals surface area contributed by atoms with E-state index in [-0.39, 0.29) is 11.7 Å². The fourth-order valence-corrected chi connectivity index (χ4v) is 2.84. The highest BCUT2D eigenvalue weighted by Gasteiger charge is 2.21. The van der Waals surface area contributed by atoms with Crippen LogP contribution in [-0.2, 0) is 4.74 Å². The average molecular weight is 359 g/mol. The van der Waals surface area contributed by atoms with E-state index < -0.39 is 0 Å². The van der Waals surface area contributed by atoms with Crippen molar-refractivity contribution in [2.75, 3.05) is 56.2 Å². The molecule has 0 atom stereocenters. The molecule has 7 nitrogen and oxygen atoms in total. The molecule has 1 aliphatic rings. The molecule has 138 valence electrons. The summed E-state index contributed by atoms with van der Waals surface area (Å²) in [6, 6.07) is 8.36. The Kier molecular flexibility index (Phi) is 5.96. The minimum Gasteiger partial charge on any atom is -0.383 e. The van der Waals surface area contributed by atoms with Crippen LogP contribution in [0.4, 0.5) is 16.0 Å². The molecule has 1 amide bonds. The van der Waals surface area contributed by atoms with E-state index in [2.05, 4.69) is 15.3 Å². The number of halogens is 1. The van der Waals surface area contributed by atoms with Crippen molar-refractivity contribution in [2.24, 2.45) is 0 Å². The Morgan fingerprint density at radius 3 is 2.65 bits per heavy atom. The molecule has 0 spiro atoms. The van der Waals surface area contributed by atoms with E-state index in [0.717, 1.165) is 0 Å². The molecule has 2 heterocycles. The minimum atomic E-state index is -0.254. The molecule has 1 aliphatic heterocycles. The molecule has 1 fully saturated rings. The van der Waals surface area contributed by atoms with Gasteiger partial charge in [-0.05, 0) is 18.2 Å². The maximum absolute atomic E-state index is 13.9. The third kappa shape index (κ3) is 4.26. The third-order valence-electron chi connectivity index (χ3n) is 4.22. The van der Waals surface area contributed by atoms with Crippen molar-refractivity contribution in [1.29, 1.82) is 0 Å². The molecule has 0 radical (unpaired) electrons. The van der Waals surface area contributed by atoms with E-state index >= 15 is 0 Å². The molecule has 1 N–H and O–H groups in total. The van der Waals surface area contributed by atoms with E-state index in [9.17, 15) is 9.18 Å². The summed E-state index contributed by atoms with van der Waals surface area (Å²) in [6.45, 7) is 3.51. The van der Waals surface area contributed by atoms with Crippen molar-refractivity contribution >= 4 is 17.5 Å². The maximum Gasteiger partial charge on any atom is 0.270 e. The van der Waals surface area contributed by atoms with E-state index in [1.54, 1.807) is 31.5 Å². The molecular formula is C18H22FN5O2. The summed E-state index contributed by atoms with van der Waals surface area (Å²) in [5, 5.41) is 2.74. The molecule has 8 heteroatoms. The number of methoxy groups -OCH3 is 1. The first-order valence-electron chi connectivity index (χ1n) is 8.53. The number of carbonyl (C=O) groups is 1. The second kappa shape index (κ2) is 8.57. The summed E-state index contributed by atoms with van der Waals surface area (Å²) in [4.78, 5) is 24.7. The quantitative estimate of drug-likeness (QED) is 0.785. The Labute approximate surface area is 151 Å². The lowest BCUT2D eigenvalue weighted by Gasteiger charge is -2.36. The molecule has 0 unspecified atom stereocenters. The smallest absolute Gasteiger partial charge is 0.270 e. The van der Waals surface area contributed by atoms with Gasteiger partial charge in [-0.25, -0.2) is 14.4 Å². The highest BCUT2D eigenvalue weighted by molar-refractivity contribution is 5.92. The van der Waals surface area contributed by atoms with Gasteiger partial charge in [-0.3, -0.25) is 4.79 Å². The van der Waals surface area contributed by atoms with E-state index in [0.29, 0.717) is 56.7 Å². The van der Waals surface area contributed by atoms with Crippen LogP contribution in [0.5, 0.6) is 0 Å². The van der Waals surface area contributed by atoms with Crippen molar-refractivity contribution in [1.82, 2.24) is 15.3 Å². The Hall–Kier alpha value is -2.74. The topological polar surface area (TPSA) is 70.6 Å². The second-order valence-corrected chi connectivity index (χ2v) is 5.92. The zero-order valence-electron chi connectivity index (χ0n) is 14.7. The van der Waals surface area contributed by atoms with Gasteiger partial charge in [-0.15, -0.1) is 0 Å². The molecule has 3 rings (SSSR count). The van der Waals surface area contributed by atoms with Gasteiger partial charge in [-0.1, -0.05) is 12.1 Å². The van der Waals surface area contributed by atoms with Crippen LogP contribution in [-0.4, -0.2) is 62.3 Å². The van der Waals surface area contributed by atoms with Crippen molar-refractivity contribution < 1.29 is 13.9 Å². The third-order valence-corrected chi connectivity index (χ3v) is 4.22. The van der Waals surface area contributed by atoms with E-state index in [4.69, 9.17) is 4.74 Å². The SMILES string of the molecule is COCCNC(=O)c1ccnc(N2CCN(c3ccccc3F)CC2)n1. The maximum atomic E-state index is 13.9. The minimum absolute atomic E-state index is 0.216. The number of nitrogens with zero attached hydrogens (tertiary/aromatic N) is 4. The first-order chi connectivity index (χ1) is 12.7. The fourth-order valence-electron chi connectivity index (χ4n) is 2.84. The van der Waals surface area contributed by atoms with Gasteiger partial charge in [0.05, 0.1) is 12.3 Å². The second-order valence-electron chi connectivity index (χ2n) is 5.92. The first-order valence-corrected chi connectivity index (χ1v) is 8.53. The van der Waals surface area contributed by atoms with Gasteiger partial charge in [-0.2, -0.15) is 0 Å². The molecule has 1 aromatic carbocycles. The van der Waals surface area contributed by atoms with E-state index in [1.807, 2.05) is 15.9 Å². The Balaban J connectivity index is 1.62. The fraction of sp³-hybridized carbons (Fsp3) is 0.389. The van der Waals surface area contributed by atoms with Gasteiger partial charge in [0.1, 0.15) is 11.5 Å². The van der Waals surface area contributed by atoms with Crippen LogP contribution in [0.25, 0.3) is 0 Å². The average Bonchev–Trinajstić information content (AvgIpc) is 2.69. The molecule has 0 saturated carbocycles. The monoisotopic (exact) mass is 359 g/mol. The summed E-state index contributed by atoms with van der Waals surface area (Å²) >= 11 is 0. The number of hydrogen-bond donors (Lipinski definition) is 1. The zero-order valence-corrected chi connectivity index (χ0v) is 14.7. The number of anilines is 2. The number of benzene rings is 1. The van der Waals surface area contributed by atoms with Gasteiger partial charge in [0.2, 0.25) is 5.95 Å². The number of para-hydroxylation sites is 1. The zero-order chi connectivity index (χ0) is 18.4. The van der Waals surface area contributed by atoms with Crippen LogP contribution in [0, 0.1) is 5.82 Å². The highest BCUT2D eigenvalue weighted by Crippen LogP contribution is 2.21. The van der Waals surface area contributed by atoms with Crippen molar-refractivity contribution in [3.8, 4) is 0 Å². The van der Waals surface area contributed by atoms with Crippen LogP contribution in [0.15, 0.2) is 36.5 Å². The molecular weight excluding hydrogens is 337 g/mol. The summed E-state index contributed by atoms with van der Waals surface area (Å²) in [7, 11) is 1.58. The van der Waals surface area contributed by atoms with Crippen LogP contribution in [0.2, 0.25) is 0 Å². The Bertz CT molecular complexity index is 750. The number of carbonyl (C=O) groups excluding carboxylic acids is 1. The molecule has 1 aromatic heterocycles. The lowest BCUT2D eigenvalue weighted by atomic mass is 10.2. The predicted molar refractivity (Wildman–Crippen MR) is 97.1 cm³/mol. The lowest BCUT2D eigenvalue weighted by Crippen LogP contribution is -2.47. The Morgan fingerprint density at radius 1 is 1.19 bits per heavy atom. The summed E-state index contributed by atoms with van der Waals surface area (Å²) in [6.07, 6.45) is 1.58. The van der Waals surface area contributed by atoms with Gasteiger partial charge >= 0.3 is 0 Å². The van der Waals surface area contributed by atoms with Crippen LogP contribution in [0.3, 0.4) is 0 Å². The number of nitrogens with one attached hydrogen (secondary N) is 1. The largest absolute Gasteiger partial charge is 0.383 e. The first kappa shape index (κ1) is 18.1. The summed E-state index contributed by atoms with van der Waals surface area (Å²) < 4.78 is 18.8. The van der Waals surface area contributed by atoms with E-state index in [1.165, 1.54) is 6.07 Å². The molecule has 1 saturated heterocycles. The molecule has 26 heavy (non-hydrogen) atoms. The number of hydrogen-bond acceptors (Lipinski definition) is 6. The molecule has 0 aliphatic carbocycles. The summed E-state index contributed by atoms with van der Waals surface area (Å²) in [5.41, 5.74) is 0.932. The van der Waals surface area contributed by atoms with Crippen molar-refractivity contribution in [2.45, 2.75) is 0 Å². The van der Waals surface area contributed by atoms with Crippen LogP contribution in [0.1, 0.15) is 10.5 Å². The van der Waals surface area contributed by atoms with Gasteiger partial charge < -0.3 is 19.9 Å². The lowest BCUT2D eigenvalue weighted by molar-refractivity contribution is 0.0932. The number of piperazine rings is 1. The summed E-state index contributed by atoms with van der Waals surface area (Å²) in [5.74, 6) is 0.0418. The van der Waals surface area contributed by atoms with Crippen molar-refractivity contribution in [3.05, 3.63) is 48.0 Å². The van der Waals surface area contributed by atoms with Crippen LogP contribution >= 0.6 is 0 Å². The standard InChI is InChI=1S/C18H22FN5O2/c1-26-13-8-20-17(25)15-6-7-21-18(22-15)24-11-9-23(10-12-24)16-5-3-2-4-14(16)19/h2-7H,8-13H2,1H3,(H,20,25). The number of amides is 1. The number of aromatic nitrogens is 2. The number of rotatable bonds is 6. The van der Waals surface area contributed by atoms with Gasteiger partial charge in [0, 0.05) is 46.0 Å². The van der Waals surface area contributed by atoms with Crippen molar-refractivity contribution in [3.63, 3.8) is 0 Å².